The molecule has 0 rings (SSSR count). The highest BCUT2D eigenvalue weighted by atomic mass is 16.5. The summed E-state index contributed by atoms with van der Waals surface area (Å²) in [5.74, 6) is -0.0251. The average Bonchev–Trinajstić information content (AvgIpc) is 3.42. The van der Waals surface area contributed by atoms with Gasteiger partial charge in [0.05, 0.1) is 25.4 Å². The summed E-state index contributed by atoms with van der Waals surface area (Å²) in [6, 6.07) is -0.547. The molecule has 0 aromatic rings. The molecule has 0 heterocycles. The summed E-state index contributed by atoms with van der Waals surface area (Å²) in [6.07, 6.45) is 82.1. The van der Waals surface area contributed by atoms with Gasteiger partial charge in [0.15, 0.2) is 0 Å². The van der Waals surface area contributed by atoms with Gasteiger partial charge >= 0.3 is 5.97 Å². The number of hydrogen-bond acceptors (Lipinski definition) is 5. The lowest BCUT2D eigenvalue weighted by Gasteiger charge is -2.22. The summed E-state index contributed by atoms with van der Waals surface area (Å²) >= 11 is 0. The minimum Gasteiger partial charge on any atom is -0.466 e. The molecule has 0 fully saturated rings. The Hall–Kier alpha value is -1.66. The molecule has 6 nitrogen and oxygen atoms in total. The van der Waals surface area contributed by atoms with Gasteiger partial charge in [-0.1, -0.05) is 340 Å². The van der Waals surface area contributed by atoms with Gasteiger partial charge in [0.1, 0.15) is 0 Å². The second-order valence-corrected chi connectivity index (χ2v) is 23.9. The van der Waals surface area contributed by atoms with Gasteiger partial charge in [-0.2, -0.15) is 0 Å². The standard InChI is InChI=1S/C70H135NO5/c1-3-5-7-9-11-13-15-17-19-20-21-29-32-35-38-42-46-50-54-58-62-68(73)67(66-72)71-69(74)63-59-55-51-47-43-39-36-33-30-27-25-23-22-24-26-28-31-34-37-41-45-49-53-57-61-65-76-70(75)64-60-56-52-48-44-40-18-16-14-12-10-8-6-4-2/h23-26,67-68,72-73H,3-22,27-66H2,1-2H3,(H,71,74)/b25-23-,26-24-. The Labute approximate surface area is 475 Å². The molecule has 76 heavy (non-hydrogen) atoms. The van der Waals surface area contributed by atoms with Crippen molar-refractivity contribution in [3.05, 3.63) is 24.3 Å². The summed E-state index contributed by atoms with van der Waals surface area (Å²) < 4.78 is 5.49. The number of amides is 1. The Balaban J connectivity index is 3.42. The predicted octanol–water partition coefficient (Wildman–Crippen LogP) is 22.1. The van der Waals surface area contributed by atoms with Crippen LogP contribution in [0.15, 0.2) is 24.3 Å². The van der Waals surface area contributed by atoms with Crippen molar-refractivity contribution < 1.29 is 24.5 Å². The van der Waals surface area contributed by atoms with Crippen molar-refractivity contribution >= 4 is 11.9 Å². The second-order valence-electron chi connectivity index (χ2n) is 23.9. The fourth-order valence-electron chi connectivity index (χ4n) is 11.0. The van der Waals surface area contributed by atoms with Gasteiger partial charge in [-0.3, -0.25) is 9.59 Å². The van der Waals surface area contributed by atoms with Crippen LogP contribution in [0.25, 0.3) is 0 Å². The van der Waals surface area contributed by atoms with Gasteiger partial charge in [0.25, 0.3) is 0 Å². The first-order valence-electron chi connectivity index (χ1n) is 34.6. The molecule has 3 N–H and O–H groups in total. The highest BCUT2D eigenvalue weighted by Crippen LogP contribution is 2.19. The molecule has 0 spiro atoms. The normalized spacial score (nSPS) is 12.6. The third-order valence-electron chi connectivity index (χ3n) is 16.3. The van der Waals surface area contributed by atoms with Crippen LogP contribution in [0, 0.1) is 0 Å². The molecule has 0 aliphatic carbocycles. The number of nitrogens with one attached hydrogen (secondary N) is 1. The van der Waals surface area contributed by atoms with Crippen LogP contribution < -0.4 is 5.32 Å². The van der Waals surface area contributed by atoms with E-state index in [2.05, 4.69) is 43.5 Å². The fourth-order valence-corrected chi connectivity index (χ4v) is 11.0. The molecular formula is C70H135NO5. The molecule has 1 amide bonds. The van der Waals surface area contributed by atoms with E-state index in [0.29, 0.717) is 25.9 Å². The molecule has 0 aromatic carbocycles. The van der Waals surface area contributed by atoms with E-state index in [1.54, 1.807) is 0 Å². The van der Waals surface area contributed by atoms with Crippen LogP contribution in [0.2, 0.25) is 0 Å². The van der Waals surface area contributed by atoms with Crippen molar-refractivity contribution in [1.29, 1.82) is 0 Å². The van der Waals surface area contributed by atoms with Crippen molar-refractivity contribution in [1.82, 2.24) is 5.32 Å². The van der Waals surface area contributed by atoms with Crippen LogP contribution >= 0.6 is 0 Å². The molecule has 2 atom stereocenters. The first kappa shape index (κ1) is 74.3. The molecule has 6 heteroatoms. The molecule has 2 unspecified atom stereocenters. The second kappa shape index (κ2) is 65.9. The van der Waals surface area contributed by atoms with Gasteiger partial charge in [-0.25, -0.2) is 0 Å². The van der Waals surface area contributed by atoms with E-state index in [-0.39, 0.29) is 18.5 Å². The maximum absolute atomic E-state index is 12.5. The number of aliphatic hydroxyl groups is 2. The minimum absolute atomic E-state index is 0.0120. The Morgan fingerprint density at radius 1 is 0.368 bits per heavy atom. The SMILES string of the molecule is CCCCCCCCCCCCCCCCCCCCCCC(O)C(CO)NC(=O)CCCCCCCCCCC/C=C\C/C=C\CCCCCCCCCCCOC(=O)CCCCCCCCCCCCCCCC. The van der Waals surface area contributed by atoms with Gasteiger partial charge < -0.3 is 20.3 Å². The third kappa shape index (κ3) is 61.6. The Morgan fingerprint density at radius 3 is 1.00 bits per heavy atom. The number of rotatable bonds is 65. The summed E-state index contributed by atoms with van der Waals surface area (Å²) in [6.45, 7) is 4.98. The number of allylic oxidation sites excluding steroid dienone is 4. The van der Waals surface area contributed by atoms with Gasteiger partial charge in [-0.05, 0) is 57.8 Å². The number of aliphatic hydroxyl groups excluding tert-OH is 2. The highest BCUT2D eigenvalue weighted by Gasteiger charge is 2.20. The van der Waals surface area contributed by atoms with Gasteiger partial charge in [-0.15, -0.1) is 0 Å². The minimum atomic E-state index is -0.669. The largest absolute Gasteiger partial charge is 0.466 e. The van der Waals surface area contributed by atoms with E-state index in [1.165, 1.54) is 308 Å². The van der Waals surface area contributed by atoms with Crippen LogP contribution in [-0.2, 0) is 14.3 Å². The first-order chi connectivity index (χ1) is 37.5. The van der Waals surface area contributed by atoms with Crippen LogP contribution in [-0.4, -0.2) is 47.4 Å². The lowest BCUT2D eigenvalue weighted by molar-refractivity contribution is -0.143. The first-order valence-corrected chi connectivity index (χ1v) is 34.6. The van der Waals surface area contributed by atoms with E-state index in [0.717, 1.165) is 44.9 Å². The molecule has 0 aromatic heterocycles. The van der Waals surface area contributed by atoms with E-state index in [1.807, 2.05) is 0 Å². The van der Waals surface area contributed by atoms with Crippen LogP contribution in [0.1, 0.15) is 386 Å². The number of carbonyl (C=O) groups is 2. The van der Waals surface area contributed by atoms with E-state index >= 15 is 0 Å². The number of hydrogen-bond donors (Lipinski definition) is 3. The molecule has 450 valence electrons. The van der Waals surface area contributed by atoms with Crippen molar-refractivity contribution in [2.24, 2.45) is 0 Å². The Bertz CT molecular complexity index is 1190. The van der Waals surface area contributed by atoms with Crippen molar-refractivity contribution in [3.8, 4) is 0 Å². The summed E-state index contributed by atoms with van der Waals surface area (Å²) in [4.78, 5) is 24.6. The summed E-state index contributed by atoms with van der Waals surface area (Å²) in [5, 5.41) is 23.4. The topological polar surface area (TPSA) is 95.9 Å². The number of carbonyl (C=O) groups excluding carboxylic acids is 2. The molecule has 0 saturated heterocycles. The van der Waals surface area contributed by atoms with Crippen LogP contribution in [0.5, 0.6) is 0 Å². The fraction of sp³-hybridized carbons (Fsp3) is 0.914. The van der Waals surface area contributed by atoms with E-state index in [9.17, 15) is 19.8 Å². The molecule has 0 bridgehead atoms. The quantitative estimate of drug-likeness (QED) is 0.0320. The van der Waals surface area contributed by atoms with Crippen LogP contribution in [0.4, 0.5) is 0 Å². The number of ether oxygens (including phenoxy) is 1. The van der Waals surface area contributed by atoms with Crippen molar-refractivity contribution in [3.63, 3.8) is 0 Å². The Kier molecular flexibility index (Phi) is 64.4. The zero-order valence-corrected chi connectivity index (χ0v) is 51.5. The number of esters is 1. The Morgan fingerprint density at radius 2 is 0.658 bits per heavy atom. The lowest BCUT2D eigenvalue weighted by atomic mass is 10.0. The summed E-state index contributed by atoms with van der Waals surface area (Å²) in [7, 11) is 0. The molecule has 0 aliphatic rings. The van der Waals surface area contributed by atoms with E-state index in [4.69, 9.17) is 4.74 Å². The zero-order valence-electron chi connectivity index (χ0n) is 51.5. The molecular weight excluding hydrogens is 935 g/mol. The smallest absolute Gasteiger partial charge is 0.305 e. The maximum Gasteiger partial charge on any atom is 0.305 e. The predicted molar refractivity (Wildman–Crippen MR) is 333 cm³/mol. The molecule has 0 radical (unpaired) electrons. The van der Waals surface area contributed by atoms with Gasteiger partial charge in [0, 0.05) is 12.8 Å². The molecule has 0 aliphatic heterocycles. The lowest BCUT2D eigenvalue weighted by Crippen LogP contribution is -2.45. The van der Waals surface area contributed by atoms with Crippen molar-refractivity contribution in [2.45, 2.75) is 398 Å². The van der Waals surface area contributed by atoms with Crippen molar-refractivity contribution in [2.75, 3.05) is 13.2 Å². The number of unbranched alkanes of at least 4 members (excludes halogenated alkanes) is 50. The maximum atomic E-state index is 12.5. The highest BCUT2D eigenvalue weighted by molar-refractivity contribution is 5.76. The molecule has 0 saturated carbocycles. The van der Waals surface area contributed by atoms with Crippen LogP contribution in [0.3, 0.4) is 0 Å². The van der Waals surface area contributed by atoms with E-state index < -0.39 is 12.1 Å². The van der Waals surface area contributed by atoms with Gasteiger partial charge in [0.2, 0.25) is 5.91 Å². The third-order valence-corrected chi connectivity index (χ3v) is 16.3. The average molecular weight is 1070 g/mol. The monoisotopic (exact) mass is 1070 g/mol. The summed E-state index contributed by atoms with van der Waals surface area (Å²) in [5.41, 5.74) is 0. The zero-order chi connectivity index (χ0) is 55.0.